The maximum absolute atomic E-state index is 12.7. The minimum absolute atomic E-state index is 0. The van der Waals surface area contributed by atoms with E-state index in [0.717, 1.165) is 0 Å². The second kappa shape index (κ2) is 4.43. The molecule has 1 rings (SSSR count). The summed E-state index contributed by atoms with van der Waals surface area (Å²) in [7, 11) is 0. The lowest BCUT2D eigenvalue weighted by atomic mass is 10.2. The van der Waals surface area contributed by atoms with E-state index in [1.807, 2.05) is 0 Å². The number of benzene rings is 1. The number of hydrogen-bond donors (Lipinski definition) is 2. The van der Waals surface area contributed by atoms with Crippen molar-refractivity contribution in [3.63, 3.8) is 0 Å². The molecule has 0 saturated heterocycles. The van der Waals surface area contributed by atoms with Gasteiger partial charge in [-0.2, -0.15) is 0 Å². The molecule has 0 fully saturated rings. The minimum atomic E-state index is -1.46. The topological polar surface area (TPSA) is 63.3 Å². The van der Waals surface area contributed by atoms with E-state index >= 15 is 0 Å². The Morgan fingerprint density at radius 3 is 2.43 bits per heavy atom. The molecule has 0 heterocycles. The molecule has 0 aliphatic carbocycles. The van der Waals surface area contributed by atoms with Crippen LogP contribution in [0.25, 0.3) is 0 Å². The Labute approximate surface area is 88.9 Å². The van der Waals surface area contributed by atoms with Gasteiger partial charge in [0.2, 0.25) is 0 Å². The van der Waals surface area contributed by atoms with Crippen molar-refractivity contribution in [3.8, 4) is 0 Å². The van der Waals surface area contributed by atoms with Crippen LogP contribution in [0.2, 0.25) is 5.02 Å². The number of anilines is 1. The highest BCUT2D eigenvalue weighted by molar-refractivity contribution is 6.36. The molecule has 14 heavy (non-hydrogen) atoms. The van der Waals surface area contributed by atoms with Gasteiger partial charge >= 0.3 is 5.97 Å². The van der Waals surface area contributed by atoms with Gasteiger partial charge in [-0.15, -0.1) is 12.4 Å². The van der Waals surface area contributed by atoms with E-state index in [1.165, 1.54) is 0 Å². The monoisotopic (exact) mass is 243 g/mol. The van der Waals surface area contributed by atoms with E-state index in [4.69, 9.17) is 22.4 Å². The van der Waals surface area contributed by atoms with Gasteiger partial charge in [-0.05, 0) is 6.07 Å². The highest BCUT2D eigenvalue weighted by atomic mass is 35.5. The van der Waals surface area contributed by atoms with Crippen LogP contribution in [-0.2, 0) is 0 Å². The Kier molecular flexibility index (Phi) is 4.09. The molecule has 0 spiro atoms. The minimum Gasteiger partial charge on any atom is -0.478 e. The van der Waals surface area contributed by atoms with E-state index < -0.39 is 33.9 Å². The van der Waals surface area contributed by atoms with E-state index in [2.05, 4.69) is 0 Å². The first-order chi connectivity index (χ1) is 5.95. The second-order valence-electron chi connectivity index (χ2n) is 2.25. The van der Waals surface area contributed by atoms with E-state index in [-0.39, 0.29) is 12.4 Å². The molecule has 1 aromatic carbocycles. The van der Waals surface area contributed by atoms with Crippen LogP contribution in [-0.4, -0.2) is 11.1 Å². The van der Waals surface area contributed by atoms with Gasteiger partial charge in [0.25, 0.3) is 0 Å². The average molecular weight is 244 g/mol. The lowest BCUT2D eigenvalue weighted by Crippen LogP contribution is -2.04. The largest absolute Gasteiger partial charge is 0.478 e. The summed E-state index contributed by atoms with van der Waals surface area (Å²) in [6.45, 7) is 0. The van der Waals surface area contributed by atoms with Crippen molar-refractivity contribution < 1.29 is 18.7 Å². The van der Waals surface area contributed by atoms with E-state index in [1.54, 1.807) is 0 Å². The average Bonchev–Trinajstić information content (AvgIpc) is 2.07. The van der Waals surface area contributed by atoms with Crippen LogP contribution in [0.4, 0.5) is 14.5 Å². The first-order valence-electron chi connectivity index (χ1n) is 3.11. The van der Waals surface area contributed by atoms with Gasteiger partial charge in [0, 0.05) is 0 Å². The van der Waals surface area contributed by atoms with Gasteiger partial charge < -0.3 is 10.8 Å². The third-order valence-corrected chi connectivity index (χ3v) is 1.83. The molecule has 0 amide bonds. The van der Waals surface area contributed by atoms with E-state index in [9.17, 15) is 13.6 Å². The Morgan fingerprint density at radius 2 is 2.00 bits per heavy atom. The van der Waals surface area contributed by atoms with Crippen LogP contribution in [0, 0.1) is 11.6 Å². The Balaban J connectivity index is 0.00000169. The summed E-state index contributed by atoms with van der Waals surface area (Å²) >= 11 is 5.35. The molecule has 1 aromatic rings. The molecule has 0 saturated carbocycles. The fourth-order valence-corrected chi connectivity index (χ4v) is 0.998. The third-order valence-electron chi connectivity index (χ3n) is 1.42. The van der Waals surface area contributed by atoms with Crippen LogP contribution in [0.1, 0.15) is 10.4 Å². The van der Waals surface area contributed by atoms with Gasteiger partial charge in [-0.25, -0.2) is 13.6 Å². The van der Waals surface area contributed by atoms with Gasteiger partial charge in [-0.1, -0.05) is 11.6 Å². The number of carbonyl (C=O) groups is 1. The summed E-state index contributed by atoms with van der Waals surface area (Å²) in [5.41, 5.74) is 3.76. The van der Waals surface area contributed by atoms with Crippen LogP contribution in [0.3, 0.4) is 0 Å². The number of hydrogen-bond acceptors (Lipinski definition) is 2. The van der Waals surface area contributed by atoms with Gasteiger partial charge in [-0.3, -0.25) is 0 Å². The summed E-state index contributed by atoms with van der Waals surface area (Å²) in [5, 5.41) is 7.98. The van der Waals surface area contributed by atoms with Crippen molar-refractivity contribution in [1.29, 1.82) is 0 Å². The molecular formula is C7H5Cl2F2NO2. The predicted molar refractivity (Wildman–Crippen MR) is 50.0 cm³/mol. The second-order valence-corrected chi connectivity index (χ2v) is 2.63. The van der Waals surface area contributed by atoms with Crippen molar-refractivity contribution in [1.82, 2.24) is 0 Å². The molecule has 7 heteroatoms. The zero-order valence-electron chi connectivity index (χ0n) is 6.55. The molecule has 3 nitrogen and oxygen atoms in total. The Hall–Kier alpha value is -1.07. The van der Waals surface area contributed by atoms with Crippen molar-refractivity contribution in [2.75, 3.05) is 5.73 Å². The molecule has 0 radical (unpaired) electrons. The summed E-state index contributed by atoms with van der Waals surface area (Å²) in [5.74, 6) is -4.13. The van der Waals surface area contributed by atoms with Crippen molar-refractivity contribution in [3.05, 3.63) is 28.3 Å². The molecule has 78 valence electrons. The van der Waals surface area contributed by atoms with Gasteiger partial charge in [0.1, 0.15) is 0 Å². The number of aromatic carboxylic acids is 1. The van der Waals surface area contributed by atoms with Crippen molar-refractivity contribution >= 4 is 35.7 Å². The standard InChI is InChI=1S/C7H4ClF2NO2.ClH/c8-4-2(7(12)13)1-3(9)5(10)6(4)11;/h1H,11H2,(H,12,13);1H. The quantitative estimate of drug-likeness (QED) is 0.588. The number of carboxylic acid groups (broad SMARTS) is 1. The highest BCUT2D eigenvalue weighted by Crippen LogP contribution is 2.28. The molecule has 3 N–H and O–H groups in total. The van der Waals surface area contributed by atoms with Crippen LogP contribution in [0.15, 0.2) is 6.07 Å². The fraction of sp³-hybridized carbons (Fsp3) is 0. The normalized spacial score (nSPS) is 9.36. The predicted octanol–water partition coefficient (Wildman–Crippen LogP) is 2.32. The Morgan fingerprint density at radius 1 is 1.50 bits per heavy atom. The summed E-state index contributed by atoms with van der Waals surface area (Å²) in [4.78, 5) is 10.4. The van der Waals surface area contributed by atoms with Gasteiger partial charge in [0.05, 0.1) is 16.3 Å². The number of carboxylic acids is 1. The third kappa shape index (κ3) is 2.05. The van der Waals surface area contributed by atoms with Crippen molar-refractivity contribution in [2.24, 2.45) is 0 Å². The van der Waals surface area contributed by atoms with Crippen molar-refractivity contribution in [2.45, 2.75) is 0 Å². The maximum Gasteiger partial charge on any atom is 0.337 e. The van der Waals surface area contributed by atoms with Crippen LogP contribution < -0.4 is 5.73 Å². The lowest BCUT2D eigenvalue weighted by Gasteiger charge is -2.04. The molecule has 0 aliphatic heterocycles. The molecule has 0 aliphatic rings. The zero-order valence-corrected chi connectivity index (χ0v) is 8.12. The molecular weight excluding hydrogens is 239 g/mol. The highest BCUT2D eigenvalue weighted by Gasteiger charge is 2.18. The molecule has 0 unspecified atom stereocenters. The van der Waals surface area contributed by atoms with Crippen LogP contribution >= 0.6 is 24.0 Å². The number of nitrogens with two attached hydrogens (primary N) is 1. The fourth-order valence-electron chi connectivity index (χ4n) is 0.779. The smallest absolute Gasteiger partial charge is 0.337 e. The zero-order chi connectivity index (χ0) is 10.2. The Bertz CT molecular complexity index is 384. The van der Waals surface area contributed by atoms with Crippen LogP contribution in [0.5, 0.6) is 0 Å². The summed E-state index contributed by atoms with van der Waals surface area (Å²) in [6, 6.07) is 0.482. The SMILES string of the molecule is Cl.Nc1c(F)c(F)cc(C(=O)O)c1Cl. The van der Waals surface area contributed by atoms with E-state index in [0.29, 0.717) is 6.07 Å². The molecule has 0 aromatic heterocycles. The number of nitrogen functional groups attached to an aromatic ring is 1. The maximum atomic E-state index is 12.7. The summed E-state index contributed by atoms with van der Waals surface area (Å²) in [6.07, 6.45) is 0. The number of halogens is 4. The molecule has 0 atom stereocenters. The summed E-state index contributed by atoms with van der Waals surface area (Å²) < 4.78 is 25.3. The number of rotatable bonds is 1. The first-order valence-corrected chi connectivity index (χ1v) is 3.49. The first kappa shape index (κ1) is 12.9. The lowest BCUT2D eigenvalue weighted by molar-refractivity contribution is 0.0696. The molecule has 0 bridgehead atoms. The van der Waals surface area contributed by atoms with Gasteiger partial charge in [0.15, 0.2) is 11.6 Å².